The van der Waals surface area contributed by atoms with Gasteiger partial charge in [0.15, 0.2) is 0 Å². The Morgan fingerprint density at radius 2 is 1.36 bits per heavy atom. The van der Waals surface area contributed by atoms with E-state index in [1.807, 2.05) is 12.5 Å². The summed E-state index contributed by atoms with van der Waals surface area (Å²) in [6.07, 6.45) is 9.36. The number of amidine groups is 1. The molecule has 0 radical (unpaired) electrons. The van der Waals surface area contributed by atoms with Gasteiger partial charge in [-0.15, -0.1) is 0 Å². The SMILES string of the molecule is CC#CC#CC#CC#CC#CC#CC#CC#CC#CC.CN1C=NC2C=CN=C(N3CCC4(CC3)Cc3ccccc3[C@H]4N)C21.N=N/N=N/N.[HH].[HH].[HH].[HH].[HH].[HH].[HH].[HH]. The molecule has 1 fully saturated rings. The van der Waals surface area contributed by atoms with Gasteiger partial charge in [-0.3, -0.25) is 4.99 Å². The standard InChI is InChI=1S/C20H25N5.C20H6.H3N5.8H2/c1-24-13-23-16-6-9-22-19(17(16)24)25-10-7-20(8-11-25)12-14-4-2-3-5-15(14)18(20)21;1-3-5-7-9-11-13-15-17-19-20-18-16-14-12-10-8-6-4-2;1-3-5-4-2;;;;;;;;/h2-6,9,13,16-18H,7-8,10-12,21H2,1H3;1-2H3;(H3,1,2,5);8*1H/t16?,17?,18-;;;;;;;;;;/m1........../s1. The van der Waals surface area contributed by atoms with E-state index in [-0.39, 0.29) is 35.0 Å². The van der Waals surface area contributed by atoms with Crippen molar-refractivity contribution in [3.05, 3.63) is 47.7 Å². The number of likely N-dealkylation sites (tertiary alicyclic amines) is 1. The van der Waals surface area contributed by atoms with Crippen LogP contribution in [0, 0.1) is 118 Å². The lowest BCUT2D eigenvalue weighted by Crippen LogP contribution is -2.54. The van der Waals surface area contributed by atoms with Gasteiger partial charge in [-0.25, -0.2) is 4.99 Å². The number of hydrogen-bond acceptors (Lipinski definition) is 7. The molecule has 5 rings (SSSR count). The summed E-state index contributed by atoms with van der Waals surface area (Å²) < 4.78 is 0. The van der Waals surface area contributed by atoms with Gasteiger partial charge in [0.05, 0.1) is 12.4 Å². The fraction of sp³-hybridized carbons (Fsp3) is 0.300. The van der Waals surface area contributed by atoms with E-state index in [0.717, 1.165) is 32.4 Å². The van der Waals surface area contributed by atoms with Gasteiger partial charge in [0.2, 0.25) is 0 Å². The second-order valence-electron chi connectivity index (χ2n) is 10.7. The van der Waals surface area contributed by atoms with E-state index in [0.29, 0.717) is 0 Å². The molecule has 0 bridgehead atoms. The molecule has 10 nitrogen and oxygen atoms in total. The van der Waals surface area contributed by atoms with Gasteiger partial charge in [0, 0.05) is 43.8 Å². The Balaban J connectivity index is -0.000000189. The number of fused-ring (bicyclic) bond motifs is 2. The summed E-state index contributed by atoms with van der Waals surface area (Å²) in [4.78, 5) is 14.0. The van der Waals surface area contributed by atoms with Crippen molar-refractivity contribution in [2.24, 2.45) is 42.6 Å². The molecule has 2 unspecified atom stereocenters. The van der Waals surface area contributed by atoms with Gasteiger partial charge >= 0.3 is 0 Å². The highest BCUT2D eigenvalue weighted by atomic mass is 15.5. The maximum absolute atomic E-state index is 6.70. The number of nitrogens with two attached hydrogens (primary N) is 2. The van der Waals surface area contributed by atoms with Crippen LogP contribution in [0.3, 0.4) is 0 Å². The Kier molecular flexibility index (Phi) is 15.6. The summed E-state index contributed by atoms with van der Waals surface area (Å²) in [5.41, 5.74) is 15.6. The predicted octanol–water partition coefficient (Wildman–Crippen LogP) is 5.24. The van der Waals surface area contributed by atoms with Crippen LogP contribution in [0.25, 0.3) is 0 Å². The molecule has 0 amide bonds. The Morgan fingerprint density at radius 1 is 0.840 bits per heavy atom. The molecular formula is C40H50N10. The Labute approximate surface area is 307 Å². The molecule has 10 heteroatoms. The van der Waals surface area contributed by atoms with E-state index < -0.39 is 0 Å². The van der Waals surface area contributed by atoms with Gasteiger partial charge in [-0.2, -0.15) is 5.53 Å². The fourth-order valence-corrected chi connectivity index (χ4v) is 5.69. The first-order valence-electron chi connectivity index (χ1n) is 15.4. The quantitative estimate of drug-likeness (QED) is 0.162. The molecule has 5 N–H and O–H groups in total. The highest BCUT2D eigenvalue weighted by Crippen LogP contribution is 2.50. The Bertz CT molecular complexity index is 2070. The number of nitrogens with one attached hydrogen (secondary N) is 1. The van der Waals surface area contributed by atoms with Crippen molar-refractivity contribution >= 4 is 12.2 Å². The summed E-state index contributed by atoms with van der Waals surface area (Å²) in [6.45, 7) is 5.47. The van der Waals surface area contributed by atoms with E-state index in [4.69, 9.17) is 16.3 Å². The van der Waals surface area contributed by atoms with Crippen LogP contribution in [0.15, 0.2) is 62.2 Å². The van der Waals surface area contributed by atoms with Crippen molar-refractivity contribution in [1.82, 2.24) is 9.80 Å². The lowest BCUT2D eigenvalue weighted by molar-refractivity contribution is 0.124. The zero-order chi connectivity index (χ0) is 35.9. The third kappa shape index (κ3) is 11.0. The van der Waals surface area contributed by atoms with Gasteiger partial charge in [-0.05, 0) is 161 Å². The minimum Gasteiger partial charge on any atom is -0.358 e. The first-order valence-corrected chi connectivity index (χ1v) is 15.4. The molecule has 3 heterocycles. The molecule has 3 atom stereocenters. The second kappa shape index (κ2) is 20.9. The lowest BCUT2D eigenvalue weighted by Gasteiger charge is -2.45. The van der Waals surface area contributed by atoms with Crippen LogP contribution in [0.4, 0.5) is 0 Å². The van der Waals surface area contributed by atoms with E-state index in [9.17, 15) is 0 Å². The van der Waals surface area contributed by atoms with Crippen LogP contribution < -0.4 is 11.6 Å². The van der Waals surface area contributed by atoms with Crippen LogP contribution in [0.5, 0.6) is 0 Å². The molecule has 0 saturated carbocycles. The van der Waals surface area contributed by atoms with Crippen molar-refractivity contribution in [2.75, 3.05) is 20.1 Å². The van der Waals surface area contributed by atoms with Gasteiger partial charge in [0.25, 0.3) is 0 Å². The number of aliphatic imine (C=N–C) groups is 2. The number of hydrogen-bond donors (Lipinski definition) is 3. The smallest absolute Gasteiger partial charge is 0.129 e. The molecule has 1 aromatic carbocycles. The van der Waals surface area contributed by atoms with Crippen molar-refractivity contribution in [3.63, 3.8) is 0 Å². The number of likely N-dealkylation sites (N-methyl/N-ethyl adjacent to an activating group) is 1. The van der Waals surface area contributed by atoms with Gasteiger partial charge in [0.1, 0.15) is 11.9 Å². The molecule has 3 aliphatic heterocycles. The number of benzene rings is 1. The summed E-state index contributed by atoms with van der Waals surface area (Å²) in [5.74, 6) is 51.1. The highest BCUT2D eigenvalue weighted by Gasteiger charge is 2.47. The second-order valence-corrected chi connectivity index (χ2v) is 10.7. The molecule has 4 aliphatic rings. The highest BCUT2D eigenvalue weighted by molar-refractivity contribution is 5.93. The zero-order valence-corrected chi connectivity index (χ0v) is 28.1. The Morgan fingerprint density at radius 3 is 1.82 bits per heavy atom. The van der Waals surface area contributed by atoms with Crippen LogP contribution >= 0.6 is 0 Å². The normalized spacial score (nSPS) is 18.5. The molecule has 1 aromatic rings. The van der Waals surface area contributed by atoms with E-state index >= 15 is 0 Å². The third-order valence-corrected chi connectivity index (χ3v) is 7.90. The largest absolute Gasteiger partial charge is 0.358 e. The van der Waals surface area contributed by atoms with Crippen LogP contribution in [0.2, 0.25) is 0 Å². The molecule has 1 saturated heterocycles. The van der Waals surface area contributed by atoms with Crippen LogP contribution in [-0.4, -0.2) is 54.2 Å². The van der Waals surface area contributed by atoms with E-state index in [1.54, 1.807) is 13.8 Å². The van der Waals surface area contributed by atoms with Crippen molar-refractivity contribution < 1.29 is 11.4 Å². The number of rotatable bonds is 1. The molecular weight excluding hydrogens is 621 g/mol. The van der Waals surface area contributed by atoms with Crippen LogP contribution in [0.1, 0.15) is 55.3 Å². The van der Waals surface area contributed by atoms with Gasteiger partial charge < -0.3 is 21.4 Å². The topological polar surface area (TPSA) is 144 Å². The minimum atomic E-state index is 0. The first kappa shape index (κ1) is 37.4. The maximum atomic E-state index is 6.70. The number of piperidine rings is 1. The van der Waals surface area contributed by atoms with Crippen molar-refractivity contribution in [3.8, 4) is 107 Å². The van der Waals surface area contributed by atoms with Crippen molar-refractivity contribution in [2.45, 2.75) is 51.2 Å². The fourth-order valence-electron chi connectivity index (χ4n) is 5.69. The Hall–Kier alpha value is -7.10. The molecule has 0 aromatic heterocycles. The monoisotopic (exact) mass is 670 g/mol. The summed E-state index contributed by atoms with van der Waals surface area (Å²) >= 11 is 0. The van der Waals surface area contributed by atoms with Gasteiger partial charge in [-0.1, -0.05) is 41.3 Å². The number of nitrogens with zero attached hydrogens (tertiary/aromatic N) is 7. The van der Waals surface area contributed by atoms with Crippen LogP contribution in [-0.2, 0) is 6.42 Å². The van der Waals surface area contributed by atoms with Crippen molar-refractivity contribution in [1.29, 1.82) is 5.53 Å². The molecule has 1 spiro atoms. The van der Waals surface area contributed by atoms with E-state index in [2.05, 4.69) is 180 Å². The average molecular weight is 671 g/mol. The van der Waals surface area contributed by atoms with E-state index in [1.165, 1.54) is 17.0 Å². The third-order valence-electron chi connectivity index (χ3n) is 7.90. The average Bonchev–Trinajstić information content (AvgIpc) is 3.65. The first-order chi connectivity index (χ1) is 24.5. The summed E-state index contributed by atoms with van der Waals surface area (Å²) in [7, 11) is 2.10. The zero-order valence-electron chi connectivity index (χ0n) is 28.1. The predicted molar refractivity (Wildman–Crippen MR) is 213 cm³/mol. The maximum Gasteiger partial charge on any atom is 0.129 e. The minimum absolute atomic E-state index is 0. The molecule has 50 heavy (non-hydrogen) atoms. The lowest BCUT2D eigenvalue weighted by atomic mass is 9.73. The summed E-state index contributed by atoms with van der Waals surface area (Å²) in [5, 5.41) is 7.73. The summed E-state index contributed by atoms with van der Waals surface area (Å²) in [6, 6.07) is 9.36. The molecule has 1 aliphatic carbocycles. The molecule has 260 valence electrons.